The summed E-state index contributed by atoms with van der Waals surface area (Å²) < 4.78 is 28.8. The number of carbonyl (C=O) groups is 1. The van der Waals surface area contributed by atoms with Gasteiger partial charge in [-0.1, -0.05) is 65.7 Å². The second kappa shape index (κ2) is 10.5. The van der Waals surface area contributed by atoms with Gasteiger partial charge in [0.15, 0.2) is 0 Å². The van der Waals surface area contributed by atoms with Gasteiger partial charge in [-0.25, -0.2) is 8.42 Å². The van der Waals surface area contributed by atoms with Crippen molar-refractivity contribution in [3.8, 4) is 0 Å². The quantitative estimate of drug-likeness (QED) is 0.544. The highest BCUT2D eigenvalue weighted by Gasteiger charge is 2.28. The lowest BCUT2D eigenvalue weighted by molar-refractivity contribution is -0.115. The number of benzene rings is 3. The molecular formula is C27H31N3O3S. The summed E-state index contributed by atoms with van der Waals surface area (Å²) in [5.41, 5.74) is 5.47. The van der Waals surface area contributed by atoms with Gasteiger partial charge in [0.1, 0.15) is 0 Å². The Morgan fingerprint density at radius 3 is 2.26 bits per heavy atom. The smallest absolute Gasteiger partial charge is 0.243 e. The Bertz CT molecular complexity index is 1250. The molecule has 7 heteroatoms. The molecule has 1 aliphatic rings. The molecular weight excluding hydrogens is 446 g/mol. The van der Waals surface area contributed by atoms with Gasteiger partial charge in [0, 0.05) is 31.9 Å². The van der Waals surface area contributed by atoms with E-state index < -0.39 is 10.0 Å². The minimum atomic E-state index is -3.71. The molecule has 0 radical (unpaired) electrons. The number of amides is 1. The van der Waals surface area contributed by atoms with E-state index in [0.717, 1.165) is 27.8 Å². The van der Waals surface area contributed by atoms with E-state index in [2.05, 4.69) is 28.8 Å². The summed E-state index contributed by atoms with van der Waals surface area (Å²) in [6.07, 6.45) is 0.729. The van der Waals surface area contributed by atoms with Gasteiger partial charge in [-0.2, -0.15) is 4.31 Å². The van der Waals surface area contributed by atoms with Crippen LogP contribution in [0.3, 0.4) is 0 Å². The number of carbonyl (C=O) groups excluding carboxylic acids is 1. The standard InChI is InChI=1S/C27H31N3O3S/c1-20-14-21(2)16-23(15-20)17-24-8-9-25(29-27(31)18-22-6-4-3-5-7-22)19-26(24)34(32,33)30-12-10-28-11-13-30/h3-9,14-16,19,28H,10-13,17-18H2,1-2H3,(H,29,31). The van der Waals surface area contributed by atoms with Crippen LogP contribution in [0.1, 0.15) is 27.8 Å². The van der Waals surface area contributed by atoms with Crippen LogP contribution in [0, 0.1) is 13.8 Å². The fourth-order valence-corrected chi connectivity index (χ4v) is 6.11. The third-order valence-electron chi connectivity index (χ3n) is 5.93. The van der Waals surface area contributed by atoms with E-state index in [0.29, 0.717) is 38.3 Å². The van der Waals surface area contributed by atoms with Crippen LogP contribution in [0.5, 0.6) is 0 Å². The first-order valence-corrected chi connectivity index (χ1v) is 13.0. The van der Waals surface area contributed by atoms with E-state index >= 15 is 0 Å². The molecule has 1 fully saturated rings. The first kappa shape index (κ1) is 24.1. The number of nitrogens with one attached hydrogen (secondary N) is 2. The van der Waals surface area contributed by atoms with Crippen molar-refractivity contribution in [3.63, 3.8) is 0 Å². The predicted octanol–water partition coefficient (Wildman–Crippen LogP) is 3.67. The van der Waals surface area contributed by atoms with Gasteiger partial charge < -0.3 is 10.6 Å². The second-order valence-corrected chi connectivity index (χ2v) is 10.8. The number of hydrogen-bond acceptors (Lipinski definition) is 4. The molecule has 0 atom stereocenters. The predicted molar refractivity (Wildman–Crippen MR) is 136 cm³/mol. The molecule has 0 spiro atoms. The van der Waals surface area contributed by atoms with Crippen LogP contribution in [-0.2, 0) is 27.7 Å². The van der Waals surface area contributed by atoms with Crippen molar-refractivity contribution in [2.24, 2.45) is 0 Å². The molecule has 0 saturated carbocycles. The van der Waals surface area contributed by atoms with Crippen molar-refractivity contribution in [2.45, 2.75) is 31.6 Å². The number of rotatable bonds is 7. The molecule has 178 valence electrons. The lowest BCUT2D eigenvalue weighted by Gasteiger charge is -2.27. The van der Waals surface area contributed by atoms with Gasteiger partial charge >= 0.3 is 0 Å². The van der Waals surface area contributed by atoms with Crippen LogP contribution in [0.15, 0.2) is 71.6 Å². The molecule has 6 nitrogen and oxygen atoms in total. The maximum atomic E-state index is 13.6. The molecule has 3 aromatic carbocycles. The monoisotopic (exact) mass is 477 g/mol. The van der Waals surface area contributed by atoms with Crippen molar-refractivity contribution < 1.29 is 13.2 Å². The van der Waals surface area contributed by atoms with Crippen LogP contribution in [-0.4, -0.2) is 44.8 Å². The van der Waals surface area contributed by atoms with Crippen LogP contribution >= 0.6 is 0 Å². The zero-order valence-corrected chi connectivity index (χ0v) is 20.5. The van der Waals surface area contributed by atoms with Gasteiger partial charge in [0.25, 0.3) is 0 Å². The fourth-order valence-electron chi connectivity index (χ4n) is 4.42. The average Bonchev–Trinajstić information content (AvgIpc) is 2.80. The largest absolute Gasteiger partial charge is 0.326 e. The summed E-state index contributed by atoms with van der Waals surface area (Å²) in [6.45, 7) is 6.19. The number of sulfonamides is 1. The van der Waals surface area contributed by atoms with Crippen molar-refractivity contribution in [1.82, 2.24) is 9.62 Å². The van der Waals surface area contributed by atoms with Crippen molar-refractivity contribution in [2.75, 3.05) is 31.5 Å². The Morgan fingerprint density at radius 2 is 1.59 bits per heavy atom. The minimum absolute atomic E-state index is 0.182. The van der Waals surface area contributed by atoms with E-state index in [1.807, 2.05) is 50.2 Å². The van der Waals surface area contributed by atoms with E-state index in [4.69, 9.17) is 0 Å². The molecule has 1 heterocycles. The van der Waals surface area contributed by atoms with Gasteiger partial charge in [0.2, 0.25) is 15.9 Å². The van der Waals surface area contributed by atoms with Gasteiger partial charge in [0.05, 0.1) is 11.3 Å². The highest BCUT2D eigenvalue weighted by Crippen LogP contribution is 2.27. The third-order valence-corrected chi connectivity index (χ3v) is 7.91. The number of hydrogen-bond donors (Lipinski definition) is 2. The Kier molecular flexibility index (Phi) is 7.46. The average molecular weight is 478 g/mol. The molecule has 34 heavy (non-hydrogen) atoms. The number of piperazine rings is 1. The van der Waals surface area contributed by atoms with Gasteiger partial charge in [-0.3, -0.25) is 4.79 Å². The normalized spacial score (nSPS) is 14.6. The number of aryl methyl sites for hydroxylation is 2. The summed E-state index contributed by atoms with van der Waals surface area (Å²) >= 11 is 0. The van der Waals surface area contributed by atoms with E-state index in [1.165, 1.54) is 4.31 Å². The summed E-state index contributed by atoms with van der Waals surface area (Å²) in [7, 11) is -3.71. The van der Waals surface area contributed by atoms with Crippen LogP contribution in [0.4, 0.5) is 5.69 Å². The maximum absolute atomic E-state index is 13.6. The SMILES string of the molecule is Cc1cc(C)cc(Cc2ccc(NC(=O)Cc3ccccc3)cc2S(=O)(=O)N2CCNCC2)c1. The van der Waals surface area contributed by atoms with Gasteiger partial charge in [-0.05, 0) is 49.1 Å². The zero-order chi connectivity index (χ0) is 24.1. The van der Waals surface area contributed by atoms with E-state index in [9.17, 15) is 13.2 Å². The molecule has 1 amide bonds. The molecule has 0 unspecified atom stereocenters. The molecule has 4 rings (SSSR count). The molecule has 2 N–H and O–H groups in total. The van der Waals surface area contributed by atoms with Crippen LogP contribution in [0.25, 0.3) is 0 Å². The summed E-state index contributed by atoms with van der Waals surface area (Å²) in [4.78, 5) is 12.9. The van der Waals surface area contributed by atoms with Crippen molar-refractivity contribution in [3.05, 3.63) is 94.5 Å². The molecule has 1 aliphatic heterocycles. The Morgan fingerprint density at radius 1 is 0.912 bits per heavy atom. The van der Waals surface area contributed by atoms with Crippen LogP contribution < -0.4 is 10.6 Å². The minimum Gasteiger partial charge on any atom is -0.326 e. The molecule has 3 aromatic rings. The number of anilines is 1. The zero-order valence-electron chi connectivity index (χ0n) is 19.7. The van der Waals surface area contributed by atoms with Gasteiger partial charge in [-0.15, -0.1) is 0 Å². The summed E-state index contributed by atoms with van der Waals surface area (Å²) in [6, 6.07) is 21.0. The Balaban J connectivity index is 1.66. The summed E-state index contributed by atoms with van der Waals surface area (Å²) in [5, 5.41) is 6.08. The third kappa shape index (κ3) is 5.91. The fraction of sp³-hybridized carbons (Fsp3) is 0.296. The highest BCUT2D eigenvalue weighted by atomic mass is 32.2. The van der Waals surface area contributed by atoms with E-state index in [-0.39, 0.29) is 17.2 Å². The lowest BCUT2D eigenvalue weighted by Crippen LogP contribution is -2.46. The van der Waals surface area contributed by atoms with Crippen molar-refractivity contribution >= 4 is 21.6 Å². The number of nitrogens with zero attached hydrogens (tertiary/aromatic N) is 1. The summed E-state index contributed by atoms with van der Waals surface area (Å²) in [5.74, 6) is -0.182. The molecule has 1 saturated heterocycles. The Hall–Kier alpha value is -3.00. The van der Waals surface area contributed by atoms with Crippen LogP contribution in [0.2, 0.25) is 0 Å². The first-order valence-electron chi connectivity index (χ1n) is 11.6. The topological polar surface area (TPSA) is 78.5 Å². The lowest BCUT2D eigenvalue weighted by atomic mass is 10.0. The second-order valence-electron chi connectivity index (χ2n) is 8.86. The Labute approximate surface area is 202 Å². The molecule has 0 aliphatic carbocycles. The van der Waals surface area contributed by atoms with E-state index in [1.54, 1.807) is 12.1 Å². The molecule has 0 bridgehead atoms. The molecule has 0 aromatic heterocycles. The maximum Gasteiger partial charge on any atom is 0.243 e. The first-order chi connectivity index (χ1) is 16.3. The highest BCUT2D eigenvalue weighted by molar-refractivity contribution is 7.89. The van der Waals surface area contributed by atoms with Crippen molar-refractivity contribution in [1.29, 1.82) is 0 Å².